The molecule has 0 unspecified atom stereocenters. The summed E-state index contributed by atoms with van der Waals surface area (Å²) in [5, 5.41) is 3.13. The molecule has 0 atom stereocenters. The van der Waals surface area contributed by atoms with Crippen LogP contribution >= 0.6 is 0 Å². The maximum absolute atomic E-state index is 13.2. The maximum atomic E-state index is 13.2. The van der Waals surface area contributed by atoms with Gasteiger partial charge in [-0.25, -0.2) is 0 Å². The molecule has 1 aliphatic heterocycles. The maximum Gasteiger partial charge on any atom is 0.252 e. The van der Waals surface area contributed by atoms with E-state index in [1.54, 1.807) is 7.11 Å². The fourth-order valence-electron chi connectivity index (χ4n) is 4.26. The number of carbonyl (C=O) groups excluding carboxylic acids is 1. The van der Waals surface area contributed by atoms with Crippen LogP contribution in [0.5, 0.6) is 5.75 Å². The monoisotopic (exact) mass is 440 g/mol. The van der Waals surface area contributed by atoms with Crippen molar-refractivity contribution in [1.82, 2.24) is 10.2 Å². The van der Waals surface area contributed by atoms with Crippen LogP contribution in [0.3, 0.4) is 0 Å². The summed E-state index contributed by atoms with van der Waals surface area (Å²) in [7, 11) is 1.65. The number of hydrogen-bond acceptors (Lipinski definition) is 3. The molecule has 4 heteroatoms. The van der Waals surface area contributed by atoms with Crippen LogP contribution in [0.15, 0.2) is 78.9 Å². The fourth-order valence-corrected chi connectivity index (χ4v) is 4.26. The van der Waals surface area contributed by atoms with Crippen LogP contribution in [0.2, 0.25) is 0 Å². The van der Waals surface area contributed by atoms with E-state index < -0.39 is 0 Å². The van der Waals surface area contributed by atoms with E-state index in [0.717, 1.165) is 29.0 Å². The first-order chi connectivity index (χ1) is 16.2. The lowest BCUT2D eigenvalue weighted by Gasteiger charge is -2.26. The van der Waals surface area contributed by atoms with E-state index in [0.29, 0.717) is 12.1 Å². The highest BCUT2D eigenvalue weighted by Crippen LogP contribution is 2.21. The quantitative estimate of drug-likeness (QED) is 0.369. The molecular weight excluding hydrogens is 408 g/mol. The molecule has 3 aromatic rings. The van der Waals surface area contributed by atoms with Gasteiger partial charge in [-0.2, -0.15) is 0 Å². The molecule has 170 valence electrons. The Balaban J connectivity index is 1.47. The Morgan fingerprint density at radius 2 is 1.64 bits per heavy atom. The van der Waals surface area contributed by atoms with Crippen LogP contribution in [0.25, 0.3) is 11.6 Å². The topological polar surface area (TPSA) is 41.6 Å². The van der Waals surface area contributed by atoms with Crippen molar-refractivity contribution in [2.45, 2.75) is 32.4 Å². The van der Waals surface area contributed by atoms with Crippen molar-refractivity contribution in [3.05, 3.63) is 101 Å². The smallest absolute Gasteiger partial charge is 0.252 e. The van der Waals surface area contributed by atoms with Crippen LogP contribution in [0.4, 0.5) is 0 Å². The lowest BCUT2D eigenvalue weighted by atomic mass is 10.0. The highest BCUT2D eigenvalue weighted by atomic mass is 16.5. The molecular formula is C29H32N2O2. The van der Waals surface area contributed by atoms with Gasteiger partial charge in [-0.05, 0) is 66.4 Å². The average Bonchev–Trinajstić information content (AvgIpc) is 2.87. The van der Waals surface area contributed by atoms with Crippen LogP contribution in [-0.4, -0.2) is 31.0 Å². The van der Waals surface area contributed by atoms with Gasteiger partial charge in [-0.1, -0.05) is 73.2 Å². The van der Waals surface area contributed by atoms with Crippen molar-refractivity contribution < 1.29 is 9.53 Å². The Kier molecular flexibility index (Phi) is 7.94. The molecule has 3 aromatic carbocycles. The van der Waals surface area contributed by atoms with Crippen LogP contribution in [0.1, 0.15) is 41.5 Å². The third-order valence-electron chi connectivity index (χ3n) is 6.06. The lowest BCUT2D eigenvalue weighted by Crippen LogP contribution is -2.29. The van der Waals surface area contributed by atoms with Crippen molar-refractivity contribution in [2.75, 3.05) is 20.2 Å². The predicted molar refractivity (Wildman–Crippen MR) is 135 cm³/mol. The summed E-state index contributed by atoms with van der Waals surface area (Å²) in [5.74, 6) is 0.709. The molecule has 0 saturated carbocycles. The Labute approximate surface area is 196 Å². The summed E-state index contributed by atoms with van der Waals surface area (Å²) in [4.78, 5) is 15.8. The molecule has 1 aliphatic rings. The SMILES string of the molecule is COc1ccc(/C=C(/C(=O)NCc2cccc(CN3CCCCC3)c2)c2ccccc2)cc1. The number of likely N-dealkylation sites (tertiary alicyclic amines) is 1. The molecule has 4 rings (SSSR count). The van der Waals surface area contributed by atoms with E-state index in [2.05, 4.69) is 34.5 Å². The molecule has 33 heavy (non-hydrogen) atoms. The van der Waals surface area contributed by atoms with Gasteiger partial charge in [0, 0.05) is 18.7 Å². The van der Waals surface area contributed by atoms with E-state index in [4.69, 9.17) is 4.74 Å². The molecule has 1 saturated heterocycles. The summed E-state index contributed by atoms with van der Waals surface area (Å²) < 4.78 is 5.25. The Morgan fingerprint density at radius 3 is 2.36 bits per heavy atom. The van der Waals surface area contributed by atoms with Crippen molar-refractivity contribution in [3.63, 3.8) is 0 Å². The van der Waals surface area contributed by atoms with Gasteiger partial charge in [0.2, 0.25) is 0 Å². The Morgan fingerprint density at radius 1 is 0.909 bits per heavy atom. The lowest BCUT2D eigenvalue weighted by molar-refractivity contribution is -0.115. The zero-order valence-corrected chi connectivity index (χ0v) is 19.3. The number of benzene rings is 3. The van der Waals surface area contributed by atoms with Gasteiger partial charge in [0.25, 0.3) is 5.91 Å². The van der Waals surface area contributed by atoms with Gasteiger partial charge < -0.3 is 10.1 Å². The van der Waals surface area contributed by atoms with E-state index in [9.17, 15) is 4.79 Å². The molecule has 1 heterocycles. The first-order valence-electron chi connectivity index (χ1n) is 11.7. The molecule has 4 nitrogen and oxygen atoms in total. The first kappa shape index (κ1) is 22.8. The van der Waals surface area contributed by atoms with Gasteiger partial charge in [0.05, 0.1) is 7.11 Å². The second kappa shape index (κ2) is 11.5. The highest BCUT2D eigenvalue weighted by Gasteiger charge is 2.13. The fraction of sp³-hybridized carbons (Fsp3) is 0.276. The number of amides is 1. The van der Waals surface area contributed by atoms with Crippen LogP contribution in [-0.2, 0) is 17.9 Å². The summed E-state index contributed by atoms with van der Waals surface area (Å²) in [6.45, 7) is 3.84. The second-order valence-corrected chi connectivity index (χ2v) is 8.54. The van der Waals surface area contributed by atoms with Gasteiger partial charge in [-0.15, -0.1) is 0 Å². The second-order valence-electron chi connectivity index (χ2n) is 8.54. The molecule has 1 amide bonds. The van der Waals surface area contributed by atoms with Gasteiger partial charge in [0.15, 0.2) is 0 Å². The number of carbonyl (C=O) groups is 1. The number of ether oxygens (including phenoxy) is 1. The number of methoxy groups -OCH3 is 1. The van der Waals surface area contributed by atoms with Crippen molar-refractivity contribution >= 4 is 17.6 Å². The molecule has 0 aromatic heterocycles. The Hall–Kier alpha value is -3.37. The molecule has 0 bridgehead atoms. The molecule has 0 spiro atoms. The zero-order chi connectivity index (χ0) is 22.9. The zero-order valence-electron chi connectivity index (χ0n) is 19.3. The molecule has 1 N–H and O–H groups in total. The number of nitrogens with one attached hydrogen (secondary N) is 1. The third kappa shape index (κ3) is 6.56. The number of hydrogen-bond donors (Lipinski definition) is 1. The summed E-state index contributed by atoms with van der Waals surface area (Å²) >= 11 is 0. The van der Waals surface area contributed by atoms with E-state index in [1.807, 2.05) is 60.7 Å². The largest absolute Gasteiger partial charge is 0.497 e. The van der Waals surface area contributed by atoms with Crippen molar-refractivity contribution in [1.29, 1.82) is 0 Å². The number of rotatable bonds is 8. The van der Waals surface area contributed by atoms with Gasteiger partial charge in [-0.3, -0.25) is 9.69 Å². The summed E-state index contributed by atoms with van der Waals surface area (Å²) in [6.07, 6.45) is 5.85. The first-order valence-corrected chi connectivity index (χ1v) is 11.7. The molecule has 0 aliphatic carbocycles. The number of nitrogens with zero attached hydrogens (tertiary/aromatic N) is 1. The standard InChI is InChI=1S/C29H32N2O2/c1-33-27-15-13-23(14-16-27)20-28(26-11-4-2-5-12-26)29(32)30-21-24-9-8-10-25(19-24)22-31-17-6-3-7-18-31/h2,4-5,8-16,19-20H,3,6-7,17-18,21-22H2,1H3,(H,30,32)/b28-20+. The average molecular weight is 441 g/mol. The van der Waals surface area contributed by atoms with Crippen LogP contribution < -0.4 is 10.1 Å². The minimum atomic E-state index is -0.0848. The van der Waals surface area contributed by atoms with Crippen LogP contribution in [0, 0.1) is 0 Å². The predicted octanol–water partition coefficient (Wildman–Crippen LogP) is 5.54. The highest BCUT2D eigenvalue weighted by molar-refractivity contribution is 6.24. The Bertz CT molecular complexity index is 1070. The summed E-state index contributed by atoms with van der Waals surface area (Å²) in [5.41, 5.74) is 4.92. The normalized spacial score (nSPS) is 14.6. The van der Waals surface area contributed by atoms with E-state index >= 15 is 0 Å². The van der Waals surface area contributed by atoms with Crippen molar-refractivity contribution in [2.24, 2.45) is 0 Å². The minimum Gasteiger partial charge on any atom is -0.497 e. The van der Waals surface area contributed by atoms with Gasteiger partial charge in [0.1, 0.15) is 5.75 Å². The minimum absolute atomic E-state index is 0.0848. The third-order valence-corrected chi connectivity index (χ3v) is 6.06. The van der Waals surface area contributed by atoms with Gasteiger partial charge >= 0.3 is 0 Å². The number of piperidine rings is 1. The molecule has 1 fully saturated rings. The van der Waals surface area contributed by atoms with E-state index in [1.165, 1.54) is 37.9 Å². The van der Waals surface area contributed by atoms with E-state index in [-0.39, 0.29) is 5.91 Å². The summed E-state index contributed by atoms with van der Waals surface area (Å²) in [6, 6.07) is 26.1. The van der Waals surface area contributed by atoms with Crippen molar-refractivity contribution in [3.8, 4) is 5.75 Å². The molecule has 0 radical (unpaired) electrons.